The highest BCUT2D eigenvalue weighted by Crippen LogP contribution is 2.37. The van der Waals surface area contributed by atoms with Crippen LogP contribution < -0.4 is 10.5 Å². The van der Waals surface area contributed by atoms with Gasteiger partial charge in [-0.1, -0.05) is 0 Å². The fourth-order valence-corrected chi connectivity index (χ4v) is 2.04. The summed E-state index contributed by atoms with van der Waals surface area (Å²) in [6.45, 7) is 0.0160. The van der Waals surface area contributed by atoms with Gasteiger partial charge in [-0.3, -0.25) is 4.98 Å². The van der Waals surface area contributed by atoms with Crippen LogP contribution in [0.25, 0.3) is 0 Å². The fourth-order valence-electron chi connectivity index (χ4n) is 0.837. The van der Waals surface area contributed by atoms with Crippen LogP contribution in [0, 0.1) is 0 Å². The average molecular weight is 350 g/mol. The number of rotatable bonds is 2. The van der Waals surface area contributed by atoms with E-state index in [1.54, 1.807) is 0 Å². The maximum Gasteiger partial charge on any atom is 0.573 e. The molecule has 2 N–H and O–H groups in total. The number of aromatic nitrogens is 1. The van der Waals surface area contributed by atoms with E-state index in [9.17, 15) is 13.2 Å². The van der Waals surface area contributed by atoms with Crippen molar-refractivity contribution in [1.82, 2.24) is 4.98 Å². The lowest BCUT2D eigenvalue weighted by Crippen LogP contribution is -2.18. The van der Waals surface area contributed by atoms with E-state index in [0.29, 0.717) is 0 Å². The van der Waals surface area contributed by atoms with Gasteiger partial charge in [0.2, 0.25) is 0 Å². The number of hydrogen-bond donors (Lipinski definition) is 1. The molecule has 1 rings (SSSR count). The molecule has 0 amide bonds. The van der Waals surface area contributed by atoms with Crippen LogP contribution in [0.5, 0.6) is 5.75 Å². The summed E-state index contributed by atoms with van der Waals surface area (Å²) in [5.74, 6) is -0.377. The number of halogens is 5. The van der Waals surface area contributed by atoms with Gasteiger partial charge < -0.3 is 10.5 Å². The lowest BCUT2D eigenvalue weighted by atomic mass is 10.3. The van der Waals surface area contributed by atoms with E-state index in [0.717, 1.165) is 0 Å². The summed E-state index contributed by atoms with van der Waals surface area (Å²) in [6.07, 6.45) is -3.55. The van der Waals surface area contributed by atoms with Crippen LogP contribution in [0.3, 0.4) is 0 Å². The van der Waals surface area contributed by atoms with Crippen molar-refractivity contribution in [2.75, 3.05) is 0 Å². The molecule has 15 heavy (non-hydrogen) atoms. The van der Waals surface area contributed by atoms with E-state index >= 15 is 0 Å². The number of ether oxygens (including phenoxy) is 1. The third kappa shape index (κ3) is 3.32. The Hall–Kier alpha value is -0.340. The molecule has 1 aromatic heterocycles. The first-order chi connectivity index (χ1) is 6.85. The highest BCUT2D eigenvalue weighted by atomic mass is 79.9. The number of hydrogen-bond acceptors (Lipinski definition) is 3. The minimum Gasteiger partial charge on any atom is -0.403 e. The largest absolute Gasteiger partial charge is 0.573 e. The average Bonchev–Trinajstić information content (AvgIpc) is 2.11. The number of nitrogens with two attached hydrogens (primary N) is 1. The van der Waals surface area contributed by atoms with E-state index in [4.69, 9.17) is 5.73 Å². The maximum absolute atomic E-state index is 12.0. The van der Waals surface area contributed by atoms with Crippen molar-refractivity contribution in [2.24, 2.45) is 5.73 Å². The molecule has 84 valence electrons. The molecular formula is C7H5Br2F3N2O. The summed E-state index contributed by atoms with van der Waals surface area (Å²) in [5, 5.41) is 0. The molecule has 0 saturated carbocycles. The van der Waals surface area contributed by atoms with Gasteiger partial charge in [-0.15, -0.1) is 13.2 Å². The third-order valence-electron chi connectivity index (χ3n) is 1.41. The van der Waals surface area contributed by atoms with Gasteiger partial charge in [0.25, 0.3) is 0 Å². The standard InChI is InChI=1S/C7H5Br2F3N2O/c8-3-2-14-4(1-13)5(9)6(3)15-7(10,11)12/h2H,1,13H2. The smallest absolute Gasteiger partial charge is 0.403 e. The van der Waals surface area contributed by atoms with Crippen molar-refractivity contribution < 1.29 is 17.9 Å². The molecule has 0 aromatic carbocycles. The highest BCUT2D eigenvalue weighted by molar-refractivity contribution is 9.11. The Morgan fingerprint density at radius 1 is 1.40 bits per heavy atom. The molecule has 0 unspecified atom stereocenters. The summed E-state index contributed by atoms with van der Waals surface area (Å²) < 4.78 is 40.1. The Labute approximate surface area is 100 Å². The van der Waals surface area contributed by atoms with E-state index in [-0.39, 0.29) is 26.9 Å². The zero-order valence-electron chi connectivity index (χ0n) is 7.11. The fraction of sp³-hybridized carbons (Fsp3) is 0.286. The van der Waals surface area contributed by atoms with Gasteiger partial charge in [-0.2, -0.15) is 0 Å². The van der Waals surface area contributed by atoms with Crippen LogP contribution in [0.1, 0.15) is 5.69 Å². The predicted molar refractivity (Wildman–Crippen MR) is 54.2 cm³/mol. The van der Waals surface area contributed by atoms with Gasteiger partial charge >= 0.3 is 6.36 Å². The summed E-state index contributed by atoms with van der Waals surface area (Å²) >= 11 is 5.85. The van der Waals surface area contributed by atoms with Crippen LogP contribution in [0.2, 0.25) is 0 Å². The topological polar surface area (TPSA) is 48.1 Å². The normalized spacial score (nSPS) is 11.6. The lowest BCUT2D eigenvalue weighted by molar-refractivity contribution is -0.275. The molecular weight excluding hydrogens is 345 g/mol. The first kappa shape index (κ1) is 12.7. The van der Waals surface area contributed by atoms with Crippen LogP contribution in [0.4, 0.5) is 13.2 Å². The first-order valence-corrected chi connectivity index (χ1v) is 5.22. The molecule has 0 aliphatic heterocycles. The maximum atomic E-state index is 12.0. The summed E-state index contributed by atoms with van der Waals surface area (Å²) in [7, 11) is 0. The Morgan fingerprint density at radius 2 is 2.00 bits per heavy atom. The monoisotopic (exact) mass is 348 g/mol. The number of nitrogens with zero attached hydrogens (tertiary/aromatic N) is 1. The Bertz CT molecular complexity index is 370. The lowest BCUT2D eigenvalue weighted by Gasteiger charge is -2.13. The van der Waals surface area contributed by atoms with Crippen molar-refractivity contribution in [3.8, 4) is 5.75 Å². The van der Waals surface area contributed by atoms with Crippen LogP contribution >= 0.6 is 31.9 Å². The van der Waals surface area contributed by atoms with Crippen molar-refractivity contribution in [3.05, 3.63) is 20.8 Å². The Morgan fingerprint density at radius 3 is 2.47 bits per heavy atom. The minimum absolute atomic E-state index is 0.0160. The quantitative estimate of drug-likeness (QED) is 0.893. The predicted octanol–water partition coefficient (Wildman–Crippen LogP) is 2.96. The van der Waals surface area contributed by atoms with Gasteiger partial charge in [-0.25, -0.2) is 0 Å². The second-order valence-electron chi connectivity index (χ2n) is 2.45. The number of pyridine rings is 1. The molecule has 0 aliphatic carbocycles. The minimum atomic E-state index is -4.75. The molecule has 1 aromatic rings. The van der Waals surface area contributed by atoms with Gasteiger partial charge in [0.15, 0.2) is 5.75 Å². The summed E-state index contributed by atoms with van der Waals surface area (Å²) in [5.41, 5.74) is 5.58. The van der Waals surface area contributed by atoms with E-state index in [2.05, 4.69) is 41.6 Å². The van der Waals surface area contributed by atoms with Gasteiger partial charge in [-0.05, 0) is 31.9 Å². The second-order valence-corrected chi connectivity index (χ2v) is 4.10. The number of alkyl halides is 3. The van der Waals surface area contributed by atoms with Gasteiger partial charge in [0.05, 0.1) is 14.6 Å². The SMILES string of the molecule is NCc1ncc(Br)c(OC(F)(F)F)c1Br. The van der Waals surface area contributed by atoms with Crippen LogP contribution in [0.15, 0.2) is 15.1 Å². The Balaban J connectivity index is 3.15. The van der Waals surface area contributed by atoms with Crippen molar-refractivity contribution in [1.29, 1.82) is 0 Å². The molecule has 0 spiro atoms. The van der Waals surface area contributed by atoms with Crippen molar-refractivity contribution >= 4 is 31.9 Å². The first-order valence-electron chi connectivity index (χ1n) is 3.64. The molecule has 0 radical (unpaired) electrons. The highest BCUT2D eigenvalue weighted by Gasteiger charge is 2.33. The summed E-state index contributed by atoms with van der Waals surface area (Å²) in [4.78, 5) is 3.82. The van der Waals surface area contributed by atoms with Crippen molar-refractivity contribution in [3.63, 3.8) is 0 Å². The summed E-state index contributed by atoms with van der Waals surface area (Å²) in [6, 6.07) is 0. The molecule has 3 nitrogen and oxygen atoms in total. The van der Waals surface area contributed by atoms with Gasteiger partial charge in [0.1, 0.15) is 0 Å². The molecule has 1 heterocycles. The third-order valence-corrected chi connectivity index (χ3v) is 2.80. The Kier molecular flexibility index (Phi) is 3.96. The molecule has 8 heteroatoms. The molecule has 0 aliphatic rings. The van der Waals surface area contributed by atoms with Crippen LogP contribution in [-0.2, 0) is 6.54 Å². The van der Waals surface area contributed by atoms with Crippen molar-refractivity contribution in [2.45, 2.75) is 12.9 Å². The van der Waals surface area contributed by atoms with Gasteiger partial charge in [0, 0.05) is 12.7 Å². The van der Waals surface area contributed by atoms with Crippen LogP contribution in [-0.4, -0.2) is 11.3 Å². The molecule has 0 atom stereocenters. The van der Waals surface area contributed by atoms with E-state index < -0.39 is 6.36 Å². The second kappa shape index (κ2) is 4.67. The zero-order valence-corrected chi connectivity index (χ0v) is 10.3. The van der Waals surface area contributed by atoms with E-state index in [1.807, 2.05) is 0 Å². The molecule has 0 saturated heterocycles. The molecule has 0 bridgehead atoms. The zero-order chi connectivity index (χ0) is 11.6. The van der Waals surface area contributed by atoms with E-state index in [1.165, 1.54) is 6.20 Å². The molecule has 0 fully saturated rings.